The minimum atomic E-state index is 0.897. The quantitative estimate of drug-likeness (QED) is 0.173. The minimum Gasteiger partial charge on any atom is -0.456 e. The van der Waals surface area contributed by atoms with E-state index in [0.29, 0.717) is 0 Å². The summed E-state index contributed by atoms with van der Waals surface area (Å²) in [5.74, 6) is 0. The second-order valence-electron chi connectivity index (χ2n) is 15.0. The molecule has 9 aromatic carbocycles. The van der Waals surface area contributed by atoms with Crippen LogP contribution in [0.2, 0.25) is 0 Å². The van der Waals surface area contributed by atoms with Crippen LogP contribution in [0, 0.1) is 0 Å². The molecule has 0 radical (unpaired) electrons. The topological polar surface area (TPSA) is 23.0 Å². The van der Waals surface area contributed by atoms with Crippen LogP contribution in [0.15, 0.2) is 211 Å². The summed E-state index contributed by atoms with van der Waals surface area (Å²) in [5.41, 5.74) is 15.7. The normalized spacial score (nSPS) is 11.9. The fourth-order valence-electron chi connectivity index (χ4n) is 9.09. The molecular formula is C54H34N2O. The average Bonchev–Trinajstić information content (AvgIpc) is 3.94. The summed E-state index contributed by atoms with van der Waals surface area (Å²) >= 11 is 0. The Morgan fingerprint density at radius 2 is 0.649 bits per heavy atom. The van der Waals surface area contributed by atoms with Crippen LogP contribution in [0.3, 0.4) is 0 Å². The lowest BCUT2D eigenvalue weighted by Crippen LogP contribution is -2.00. The van der Waals surface area contributed by atoms with Crippen molar-refractivity contribution in [3.05, 3.63) is 206 Å². The van der Waals surface area contributed by atoms with E-state index in [1.165, 1.54) is 54.7 Å². The van der Waals surface area contributed by atoms with Crippen molar-refractivity contribution >= 4 is 65.6 Å². The predicted octanol–water partition coefficient (Wildman–Crippen LogP) is 14.8. The number of fused-ring (bicyclic) bond motifs is 9. The van der Waals surface area contributed by atoms with Crippen molar-refractivity contribution in [1.29, 1.82) is 0 Å². The van der Waals surface area contributed by atoms with E-state index in [-0.39, 0.29) is 0 Å². The van der Waals surface area contributed by atoms with Crippen LogP contribution >= 0.6 is 0 Å². The number of benzene rings is 9. The van der Waals surface area contributed by atoms with Crippen molar-refractivity contribution in [2.45, 2.75) is 0 Å². The summed E-state index contributed by atoms with van der Waals surface area (Å²) in [6, 6.07) is 74.8. The SMILES string of the molecule is c1ccc(-c2cc(-c3cc(-n4c5ccccc5c5ccccc54)cc(-n4c5ccccc5c5ccccc54)c3)cc(-c3ccc4oc5ccccc5c4c3)c2)cc1. The van der Waals surface area contributed by atoms with Crippen LogP contribution in [-0.2, 0) is 0 Å². The van der Waals surface area contributed by atoms with Gasteiger partial charge in [-0.3, -0.25) is 0 Å². The van der Waals surface area contributed by atoms with E-state index in [2.05, 4.69) is 203 Å². The summed E-state index contributed by atoms with van der Waals surface area (Å²) < 4.78 is 11.1. The maximum Gasteiger partial charge on any atom is 0.135 e. The van der Waals surface area contributed by atoms with Crippen molar-refractivity contribution in [2.24, 2.45) is 0 Å². The van der Waals surface area contributed by atoms with Gasteiger partial charge in [0.15, 0.2) is 0 Å². The fourth-order valence-corrected chi connectivity index (χ4v) is 9.09. The van der Waals surface area contributed by atoms with E-state index in [0.717, 1.165) is 55.6 Å². The number of hydrogen-bond donors (Lipinski definition) is 0. The molecule has 0 fully saturated rings. The second-order valence-corrected chi connectivity index (χ2v) is 15.0. The Morgan fingerprint density at radius 1 is 0.246 bits per heavy atom. The van der Waals surface area contributed by atoms with Gasteiger partial charge in [0.05, 0.1) is 22.1 Å². The molecule has 0 spiro atoms. The number of para-hydroxylation sites is 5. The Labute approximate surface area is 328 Å². The lowest BCUT2D eigenvalue weighted by atomic mass is 9.92. The third-order valence-corrected chi connectivity index (χ3v) is 11.7. The van der Waals surface area contributed by atoms with E-state index < -0.39 is 0 Å². The van der Waals surface area contributed by atoms with Gasteiger partial charge >= 0.3 is 0 Å². The molecule has 0 unspecified atom stereocenters. The van der Waals surface area contributed by atoms with Crippen molar-refractivity contribution in [2.75, 3.05) is 0 Å². The zero-order chi connectivity index (χ0) is 37.5. The molecule has 0 saturated heterocycles. The van der Waals surface area contributed by atoms with Crippen LogP contribution in [0.25, 0.3) is 110 Å². The lowest BCUT2D eigenvalue weighted by molar-refractivity contribution is 0.669. The van der Waals surface area contributed by atoms with Gasteiger partial charge in [-0.25, -0.2) is 0 Å². The lowest BCUT2D eigenvalue weighted by Gasteiger charge is -2.17. The van der Waals surface area contributed by atoms with E-state index in [4.69, 9.17) is 4.42 Å². The maximum absolute atomic E-state index is 6.24. The molecule has 3 nitrogen and oxygen atoms in total. The number of rotatable bonds is 5. The van der Waals surface area contributed by atoms with E-state index in [1.807, 2.05) is 12.1 Å². The molecule has 0 amide bonds. The Kier molecular flexibility index (Phi) is 6.93. The summed E-state index contributed by atoms with van der Waals surface area (Å²) in [6.45, 7) is 0. The highest BCUT2D eigenvalue weighted by Crippen LogP contribution is 2.41. The number of nitrogens with zero attached hydrogens (tertiary/aromatic N) is 2. The van der Waals surface area contributed by atoms with Gasteiger partial charge in [0.2, 0.25) is 0 Å². The third-order valence-electron chi connectivity index (χ3n) is 11.7. The molecule has 12 rings (SSSR count). The molecular weight excluding hydrogens is 693 g/mol. The molecule has 0 atom stereocenters. The third kappa shape index (κ3) is 4.99. The van der Waals surface area contributed by atoms with Gasteiger partial charge in [-0.05, 0) is 112 Å². The summed E-state index contributed by atoms with van der Waals surface area (Å²) in [4.78, 5) is 0. The molecule has 0 aliphatic rings. The highest BCUT2D eigenvalue weighted by Gasteiger charge is 2.18. The van der Waals surface area contributed by atoms with E-state index in [9.17, 15) is 0 Å². The zero-order valence-corrected chi connectivity index (χ0v) is 30.9. The maximum atomic E-state index is 6.24. The Hall–Kier alpha value is -7.62. The fraction of sp³-hybridized carbons (Fsp3) is 0. The van der Waals surface area contributed by atoms with Crippen LogP contribution in [0.1, 0.15) is 0 Å². The standard InChI is InChI=1S/C54H34N2O/c1-2-14-35(15-3-1)37-28-38(36-26-27-54-48(33-36)47-20-8-13-25-53(47)57-54)30-39(29-37)40-31-41(55-49-21-9-4-16-43(49)44-17-5-10-22-50(44)55)34-42(32-40)56-51-23-11-6-18-45(51)46-19-7-12-24-52(46)56/h1-34H. The Bertz CT molecular complexity index is 3290. The molecule has 3 aromatic heterocycles. The molecule has 0 aliphatic heterocycles. The molecule has 0 bridgehead atoms. The van der Waals surface area contributed by atoms with E-state index >= 15 is 0 Å². The van der Waals surface area contributed by atoms with Gasteiger partial charge in [0.1, 0.15) is 11.2 Å². The highest BCUT2D eigenvalue weighted by atomic mass is 16.3. The predicted molar refractivity (Wildman–Crippen MR) is 239 cm³/mol. The van der Waals surface area contributed by atoms with Gasteiger partial charge < -0.3 is 13.6 Å². The summed E-state index contributed by atoms with van der Waals surface area (Å²) in [7, 11) is 0. The Balaban J connectivity index is 1.16. The highest BCUT2D eigenvalue weighted by molar-refractivity contribution is 6.11. The van der Waals surface area contributed by atoms with Gasteiger partial charge in [-0.15, -0.1) is 0 Å². The minimum absolute atomic E-state index is 0.897. The monoisotopic (exact) mass is 726 g/mol. The van der Waals surface area contributed by atoms with E-state index in [1.54, 1.807) is 0 Å². The second kappa shape index (κ2) is 12.5. The first-order valence-electron chi connectivity index (χ1n) is 19.5. The van der Waals surface area contributed by atoms with Crippen LogP contribution in [0.4, 0.5) is 0 Å². The average molecular weight is 727 g/mol. The van der Waals surface area contributed by atoms with Crippen molar-refractivity contribution in [3.63, 3.8) is 0 Å². The van der Waals surface area contributed by atoms with Crippen molar-refractivity contribution in [3.8, 4) is 44.8 Å². The first kappa shape index (κ1) is 31.7. The molecule has 0 N–H and O–H groups in total. The molecule has 12 aromatic rings. The van der Waals surface area contributed by atoms with Crippen LogP contribution < -0.4 is 0 Å². The molecule has 0 saturated carbocycles. The first-order chi connectivity index (χ1) is 28.2. The molecule has 57 heavy (non-hydrogen) atoms. The largest absolute Gasteiger partial charge is 0.456 e. The van der Waals surface area contributed by atoms with Crippen LogP contribution in [-0.4, -0.2) is 9.13 Å². The van der Waals surface area contributed by atoms with Gasteiger partial charge in [0, 0.05) is 43.7 Å². The number of furan rings is 1. The molecule has 266 valence electrons. The van der Waals surface area contributed by atoms with Gasteiger partial charge in [0.25, 0.3) is 0 Å². The zero-order valence-electron chi connectivity index (χ0n) is 30.9. The molecule has 0 aliphatic carbocycles. The number of aromatic nitrogens is 2. The number of hydrogen-bond acceptors (Lipinski definition) is 1. The summed E-state index contributed by atoms with van der Waals surface area (Å²) in [6.07, 6.45) is 0. The smallest absolute Gasteiger partial charge is 0.135 e. The van der Waals surface area contributed by atoms with Gasteiger partial charge in [-0.1, -0.05) is 127 Å². The van der Waals surface area contributed by atoms with Crippen molar-refractivity contribution in [1.82, 2.24) is 9.13 Å². The first-order valence-corrected chi connectivity index (χ1v) is 19.5. The Morgan fingerprint density at radius 3 is 1.19 bits per heavy atom. The van der Waals surface area contributed by atoms with Crippen LogP contribution in [0.5, 0.6) is 0 Å². The molecule has 3 heteroatoms. The molecule has 3 heterocycles. The van der Waals surface area contributed by atoms with Crippen molar-refractivity contribution < 1.29 is 4.42 Å². The summed E-state index contributed by atoms with van der Waals surface area (Å²) in [5, 5.41) is 7.22. The van der Waals surface area contributed by atoms with Gasteiger partial charge in [-0.2, -0.15) is 0 Å².